The number of phosphoric ester groups is 1. The van der Waals surface area contributed by atoms with Crippen LogP contribution in [-0.2, 0) is 27.9 Å². The highest BCUT2D eigenvalue weighted by Crippen LogP contribution is 2.47. The largest absolute Gasteiger partial charge is 0.472 e. The molecule has 0 aromatic heterocycles. The summed E-state index contributed by atoms with van der Waals surface area (Å²) in [7, 11) is -5.03. The highest BCUT2D eigenvalue weighted by molar-refractivity contribution is 7.47. The Morgan fingerprint density at radius 3 is 1.42 bits per heavy atom. The number of unbranched alkanes of at least 4 members (excludes halogenated alkanes) is 21. The van der Waals surface area contributed by atoms with Crippen molar-refractivity contribution in [3.8, 4) is 0 Å². The van der Waals surface area contributed by atoms with Gasteiger partial charge >= 0.3 is 13.8 Å². The fraction of sp³-hybridized carbons (Fsp3) is 0.816. The predicted octanol–water partition coefficient (Wildman–Crippen LogP) is 10.4. The summed E-state index contributed by atoms with van der Waals surface area (Å²) >= 11 is 0. The van der Waals surface area contributed by atoms with Gasteiger partial charge in [0.1, 0.15) is 42.7 Å². The zero-order chi connectivity index (χ0) is 45.5. The number of phosphoric acid groups is 1. The maximum Gasteiger partial charge on any atom is 0.472 e. The second-order valence-electron chi connectivity index (χ2n) is 16.9. The molecule has 0 amide bonds. The van der Waals surface area contributed by atoms with Crippen LogP contribution in [0.3, 0.4) is 0 Å². The molecule has 13 heteroatoms. The van der Waals surface area contributed by atoms with Crippen LogP contribution in [0.2, 0.25) is 0 Å². The van der Waals surface area contributed by atoms with Crippen molar-refractivity contribution in [1.82, 2.24) is 0 Å². The Kier molecular flexibility index (Phi) is 37.3. The van der Waals surface area contributed by atoms with Crippen molar-refractivity contribution < 1.29 is 58.3 Å². The fourth-order valence-electron chi connectivity index (χ4n) is 7.35. The second-order valence-corrected chi connectivity index (χ2v) is 18.3. The van der Waals surface area contributed by atoms with Gasteiger partial charge in [-0.3, -0.25) is 13.8 Å². The molecular formula is C49H89O12P. The van der Waals surface area contributed by atoms with Gasteiger partial charge in [-0.15, -0.1) is 0 Å². The Labute approximate surface area is 375 Å². The molecule has 0 spiro atoms. The van der Waals surface area contributed by atoms with E-state index in [1.807, 2.05) is 0 Å². The highest BCUT2D eigenvalue weighted by Gasteiger charge is 2.51. The normalized spacial score (nSPS) is 22.4. The van der Waals surface area contributed by atoms with Crippen LogP contribution in [-0.4, -0.2) is 98.9 Å². The summed E-state index contributed by atoms with van der Waals surface area (Å²) < 4.78 is 34.2. The van der Waals surface area contributed by atoms with E-state index in [2.05, 4.69) is 62.5 Å². The van der Waals surface area contributed by atoms with Gasteiger partial charge in [0.15, 0.2) is 0 Å². The summed E-state index contributed by atoms with van der Waals surface area (Å²) in [5.74, 6) is -0.516. The third-order valence-corrected chi connectivity index (χ3v) is 12.2. The van der Waals surface area contributed by atoms with Crippen molar-refractivity contribution in [2.24, 2.45) is 0 Å². The third-order valence-electron chi connectivity index (χ3n) is 11.2. The number of rotatable bonds is 41. The molecule has 6 N–H and O–H groups in total. The second kappa shape index (κ2) is 39.6. The Morgan fingerprint density at radius 1 is 0.532 bits per heavy atom. The van der Waals surface area contributed by atoms with E-state index in [4.69, 9.17) is 18.5 Å². The van der Waals surface area contributed by atoms with Gasteiger partial charge in [0.2, 0.25) is 0 Å². The van der Waals surface area contributed by atoms with Gasteiger partial charge in [-0.25, -0.2) is 4.57 Å². The summed E-state index contributed by atoms with van der Waals surface area (Å²) in [6.45, 7) is 4.12. The van der Waals surface area contributed by atoms with E-state index >= 15 is 0 Å². The number of carbonyl (C=O) groups is 1. The van der Waals surface area contributed by atoms with Gasteiger partial charge in [0.05, 0.1) is 13.2 Å². The number of hydrogen-bond acceptors (Lipinski definition) is 11. The van der Waals surface area contributed by atoms with E-state index in [9.17, 15) is 39.8 Å². The lowest BCUT2D eigenvalue weighted by atomic mass is 9.85. The molecule has 1 rings (SSSR count). The minimum absolute atomic E-state index is 0.0921. The van der Waals surface area contributed by atoms with E-state index in [1.165, 1.54) is 109 Å². The van der Waals surface area contributed by atoms with E-state index in [1.54, 1.807) is 0 Å². The topological polar surface area (TPSA) is 192 Å². The van der Waals surface area contributed by atoms with Gasteiger partial charge in [-0.1, -0.05) is 184 Å². The molecule has 12 nitrogen and oxygen atoms in total. The summed E-state index contributed by atoms with van der Waals surface area (Å²) in [6, 6.07) is 0. The first-order valence-electron chi connectivity index (χ1n) is 24.5. The Hall–Kier alpha value is -1.70. The van der Waals surface area contributed by atoms with Gasteiger partial charge in [-0.05, 0) is 51.4 Å². The summed E-state index contributed by atoms with van der Waals surface area (Å²) in [5, 5.41) is 50.2. The molecule has 0 aromatic rings. The third kappa shape index (κ3) is 31.2. The maximum atomic E-state index is 12.8. The van der Waals surface area contributed by atoms with Crippen LogP contribution in [0.4, 0.5) is 0 Å². The van der Waals surface area contributed by atoms with Crippen molar-refractivity contribution in [3.05, 3.63) is 48.6 Å². The molecule has 0 bridgehead atoms. The van der Waals surface area contributed by atoms with Crippen LogP contribution in [0.1, 0.15) is 194 Å². The minimum Gasteiger partial charge on any atom is -0.457 e. The molecular weight excluding hydrogens is 812 g/mol. The van der Waals surface area contributed by atoms with Gasteiger partial charge < -0.3 is 39.9 Å². The molecule has 1 aliphatic carbocycles. The first-order chi connectivity index (χ1) is 30.0. The number of ether oxygens (including phenoxy) is 2. The number of aliphatic hydroxyl groups is 5. The molecule has 1 aliphatic rings. The number of hydrogen-bond donors (Lipinski definition) is 6. The van der Waals surface area contributed by atoms with Crippen LogP contribution >= 0.6 is 7.82 Å². The van der Waals surface area contributed by atoms with Gasteiger partial charge in [-0.2, -0.15) is 0 Å². The molecule has 0 aliphatic heterocycles. The molecule has 0 aromatic carbocycles. The maximum absolute atomic E-state index is 12.8. The van der Waals surface area contributed by atoms with Crippen molar-refractivity contribution in [1.29, 1.82) is 0 Å². The predicted molar refractivity (Wildman–Crippen MR) is 249 cm³/mol. The van der Waals surface area contributed by atoms with Crippen LogP contribution < -0.4 is 0 Å². The SMILES string of the molecule is CC/C=C\C/C=C\C/C=C\C/C=C\CCCCC(=O)OC(COCCCCCCCCCCCCCCCCCCCCCC)COP(=O)(O)OC1C(O)C(O)C(O)C(O)C1O. The van der Waals surface area contributed by atoms with Crippen LogP contribution in [0.5, 0.6) is 0 Å². The Bertz CT molecular complexity index is 1210. The highest BCUT2D eigenvalue weighted by atomic mass is 31.2. The summed E-state index contributed by atoms with van der Waals surface area (Å²) in [5.41, 5.74) is 0. The average Bonchev–Trinajstić information content (AvgIpc) is 3.26. The molecule has 0 radical (unpaired) electrons. The van der Waals surface area contributed by atoms with E-state index in [0.717, 1.165) is 57.8 Å². The first kappa shape index (κ1) is 58.3. The van der Waals surface area contributed by atoms with E-state index < -0.39 is 63.1 Å². The quantitative estimate of drug-likeness (QED) is 0.0147. The van der Waals surface area contributed by atoms with Crippen molar-refractivity contribution in [2.75, 3.05) is 19.8 Å². The lowest BCUT2D eigenvalue weighted by Crippen LogP contribution is -2.64. The zero-order valence-corrected chi connectivity index (χ0v) is 39.6. The first-order valence-corrected chi connectivity index (χ1v) is 26.0. The lowest BCUT2D eigenvalue weighted by molar-refractivity contribution is -0.220. The van der Waals surface area contributed by atoms with Crippen molar-refractivity contribution in [2.45, 2.75) is 236 Å². The summed E-state index contributed by atoms with van der Waals surface area (Å²) in [6.07, 6.45) is 36.2. The number of esters is 1. The van der Waals surface area contributed by atoms with Gasteiger partial charge in [0.25, 0.3) is 0 Å². The summed E-state index contributed by atoms with van der Waals surface area (Å²) in [4.78, 5) is 23.2. The monoisotopic (exact) mass is 901 g/mol. The molecule has 6 unspecified atom stereocenters. The molecule has 0 saturated heterocycles. The molecule has 62 heavy (non-hydrogen) atoms. The Morgan fingerprint density at radius 2 is 0.952 bits per heavy atom. The number of aliphatic hydroxyl groups excluding tert-OH is 5. The molecule has 1 fully saturated rings. The lowest BCUT2D eigenvalue weighted by Gasteiger charge is -2.41. The van der Waals surface area contributed by atoms with E-state index in [0.29, 0.717) is 13.0 Å². The van der Waals surface area contributed by atoms with Crippen LogP contribution in [0.15, 0.2) is 48.6 Å². The van der Waals surface area contributed by atoms with E-state index in [-0.39, 0.29) is 13.0 Å². The number of allylic oxidation sites excluding steroid dienone is 8. The van der Waals surface area contributed by atoms with Crippen molar-refractivity contribution >= 4 is 13.8 Å². The molecule has 1 saturated carbocycles. The molecule has 362 valence electrons. The minimum atomic E-state index is -5.03. The molecule has 0 heterocycles. The van der Waals surface area contributed by atoms with Crippen LogP contribution in [0, 0.1) is 0 Å². The molecule has 6 atom stereocenters. The van der Waals surface area contributed by atoms with Gasteiger partial charge in [0, 0.05) is 13.0 Å². The average molecular weight is 901 g/mol. The smallest absolute Gasteiger partial charge is 0.457 e. The number of carbonyl (C=O) groups excluding carboxylic acids is 1. The fourth-order valence-corrected chi connectivity index (χ4v) is 8.32. The van der Waals surface area contributed by atoms with Crippen LogP contribution in [0.25, 0.3) is 0 Å². The van der Waals surface area contributed by atoms with Crippen molar-refractivity contribution in [3.63, 3.8) is 0 Å². The zero-order valence-electron chi connectivity index (χ0n) is 38.7. The standard InChI is InChI=1S/C49H89O12P/c1-3-5-7-9-11-13-15-17-19-20-21-22-23-25-27-29-31-33-35-37-39-58-40-42(41-59-62(56,57)61-49-47(54)45(52)44(51)46(53)48(49)55)60-43(50)38-36-34-32-30-28-26-24-18-16-14-12-10-8-6-4-2/h6,8,12,14,18,24,28,30,42,44-49,51-55H,3-5,7,9-11,13,15-17,19-23,25-27,29,31-41H2,1-2H3,(H,56,57)/b8-6-,14-12-,24-18-,30-28-. The Balaban J connectivity index is 2.37.